The van der Waals surface area contributed by atoms with Gasteiger partial charge in [0.05, 0.1) is 12.0 Å². The number of aromatic amines is 2. The standard InChI is InChI=1S/C21H24N4O2/c1-15-20(17-7-2-3-8-18(17)23-15)21(27)25-11-5-10-24(12-13-25)19(26)14-16-6-4-9-22-16/h2-4,6-9,22-23H,5,10-14H2,1H3. The van der Waals surface area contributed by atoms with E-state index in [1.807, 2.05) is 59.3 Å². The number of amides is 2. The van der Waals surface area contributed by atoms with Gasteiger partial charge in [0.25, 0.3) is 5.91 Å². The lowest BCUT2D eigenvalue weighted by atomic mass is 10.1. The number of aryl methyl sites for hydroxylation is 1. The van der Waals surface area contributed by atoms with Crippen molar-refractivity contribution in [3.63, 3.8) is 0 Å². The van der Waals surface area contributed by atoms with Crippen molar-refractivity contribution in [2.24, 2.45) is 0 Å². The van der Waals surface area contributed by atoms with E-state index in [1.54, 1.807) is 0 Å². The van der Waals surface area contributed by atoms with E-state index in [4.69, 9.17) is 0 Å². The lowest BCUT2D eigenvalue weighted by molar-refractivity contribution is -0.130. The molecule has 6 heteroatoms. The first-order valence-corrected chi connectivity index (χ1v) is 9.40. The fourth-order valence-corrected chi connectivity index (χ4v) is 3.83. The molecule has 4 rings (SSSR count). The highest BCUT2D eigenvalue weighted by molar-refractivity contribution is 6.08. The van der Waals surface area contributed by atoms with Crippen LogP contribution >= 0.6 is 0 Å². The molecular weight excluding hydrogens is 340 g/mol. The summed E-state index contributed by atoms with van der Waals surface area (Å²) in [6.45, 7) is 4.44. The minimum atomic E-state index is 0.0450. The van der Waals surface area contributed by atoms with Gasteiger partial charge in [0.2, 0.25) is 5.91 Å². The van der Waals surface area contributed by atoms with Crippen LogP contribution in [0.1, 0.15) is 28.2 Å². The SMILES string of the molecule is Cc1[nH]c2ccccc2c1C(=O)N1CCCN(C(=O)Cc2ccc[nH]2)CC1. The Morgan fingerprint density at radius 2 is 1.78 bits per heavy atom. The van der Waals surface area contributed by atoms with Crippen LogP contribution in [0, 0.1) is 6.92 Å². The van der Waals surface area contributed by atoms with Crippen LogP contribution in [-0.4, -0.2) is 57.8 Å². The molecule has 140 valence electrons. The molecule has 0 unspecified atom stereocenters. The molecule has 2 amide bonds. The molecule has 6 nitrogen and oxygen atoms in total. The third kappa shape index (κ3) is 3.47. The minimum Gasteiger partial charge on any atom is -0.365 e. The van der Waals surface area contributed by atoms with Gasteiger partial charge >= 0.3 is 0 Å². The van der Waals surface area contributed by atoms with E-state index in [1.165, 1.54) is 0 Å². The van der Waals surface area contributed by atoms with Crippen LogP contribution in [0.25, 0.3) is 10.9 Å². The molecule has 0 bridgehead atoms. The molecule has 0 radical (unpaired) electrons. The Bertz CT molecular complexity index is 958. The maximum absolute atomic E-state index is 13.2. The smallest absolute Gasteiger partial charge is 0.256 e. The van der Waals surface area contributed by atoms with E-state index >= 15 is 0 Å². The lowest BCUT2D eigenvalue weighted by Crippen LogP contribution is -2.38. The second-order valence-corrected chi connectivity index (χ2v) is 7.07. The van der Waals surface area contributed by atoms with Crippen LogP contribution < -0.4 is 0 Å². The van der Waals surface area contributed by atoms with Crippen molar-refractivity contribution in [1.29, 1.82) is 0 Å². The predicted octanol–water partition coefficient (Wildman–Crippen LogP) is 2.72. The summed E-state index contributed by atoms with van der Waals surface area (Å²) in [5.74, 6) is 0.152. The summed E-state index contributed by atoms with van der Waals surface area (Å²) in [4.78, 5) is 35.9. The summed E-state index contributed by atoms with van der Waals surface area (Å²) in [6.07, 6.45) is 3.00. The zero-order chi connectivity index (χ0) is 18.8. The van der Waals surface area contributed by atoms with Crippen LogP contribution in [0.5, 0.6) is 0 Å². The van der Waals surface area contributed by atoms with Gasteiger partial charge in [-0.25, -0.2) is 0 Å². The molecule has 1 aromatic carbocycles. The summed E-state index contributed by atoms with van der Waals surface area (Å²) >= 11 is 0. The molecule has 0 saturated carbocycles. The van der Waals surface area contributed by atoms with Gasteiger partial charge in [-0.3, -0.25) is 9.59 Å². The van der Waals surface area contributed by atoms with E-state index in [-0.39, 0.29) is 11.8 Å². The van der Waals surface area contributed by atoms with Gasteiger partial charge in [0.1, 0.15) is 0 Å². The number of fused-ring (bicyclic) bond motifs is 1. The summed E-state index contributed by atoms with van der Waals surface area (Å²) < 4.78 is 0. The minimum absolute atomic E-state index is 0.0450. The number of nitrogens with zero attached hydrogens (tertiary/aromatic N) is 2. The first-order chi connectivity index (χ1) is 13.1. The first kappa shape index (κ1) is 17.4. The van der Waals surface area contributed by atoms with Crippen LogP contribution in [0.15, 0.2) is 42.6 Å². The Morgan fingerprint density at radius 1 is 1.00 bits per heavy atom. The van der Waals surface area contributed by atoms with Gasteiger partial charge in [-0.15, -0.1) is 0 Å². The molecule has 3 aromatic rings. The fourth-order valence-electron chi connectivity index (χ4n) is 3.83. The van der Waals surface area contributed by atoms with Crippen molar-refractivity contribution < 1.29 is 9.59 Å². The van der Waals surface area contributed by atoms with Gasteiger partial charge in [-0.1, -0.05) is 18.2 Å². The number of hydrogen-bond donors (Lipinski definition) is 2. The van der Waals surface area contributed by atoms with Crippen molar-refractivity contribution >= 4 is 22.7 Å². The van der Waals surface area contributed by atoms with Gasteiger partial charge in [0.15, 0.2) is 0 Å². The lowest BCUT2D eigenvalue weighted by Gasteiger charge is -2.22. The van der Waals surface area contributed by atoms with Crippen molar-refractivity contribution in [1.82, 2.24) is 19.8 Å². The van der Waals surface area contributed by atoms with Crippen LogP contribution in [0.2, 0.25) is 0 Å². The predicted molar refractivity (Wildman–Crippen MR) is 105 cm³/mol. The van der Waals surface area contributed by atoms with Crippen molar-refractivity contribution in [3.8, 4) is 0 Å². The summed E-state index contributed by atoms with van der Waals surface area (Å²) in [5, 5.41) is 0.962. The Morgan fingerprint density at radius 3 is 2.59 bits per heavy atom. The monoisotopic (exact) mass is 364 g/mol. The van der Waals surface area contributed by atoms with Gasteiger partial charge in [-0.05, 0) is 31.5 Å². The Hall–Kier alpha value is -3.02. The third-order valence-corrected chi connectivity index (χ3v) is 5.25. The van der Waals surface area contributed by atoms with E-state index in [9.17, 15) is 9.59 Å². The zero-order valence-corrected chi connectivity index (χ0v) is 15.5. The van der Waals surface area contributed by atoms with Crippen molar-refractivity contribution in [3.05, 3.63) is 59.5 Å². The molecule has 1 aliphatic heterocycles. The van der Waals surface area contributed by atoms with Crippen molar-refractivity contribution in [2.75, 3.05) is 26.2 Å². The van der Waals surface area contributed by atoms with E-state index in [0.717, 1.165) is 34.3 Å². The normalized spacial score (nSPS) is 15.1. The molecule has 2 N–H and O–H groups in total. The molecule has 0 spiro atoms. The average Bonchev–Trinajstić information content (AvgIpc) is 3.20. The van der Waals surface area contributed by atoms with Gasteiger partial charge in [-0.2, -0.15) is 0 Å². The number of rotatable bonds is 3. The van der Waals surface area contributed by atoms with Crippen molar-refractivity contribution in [2.45, 2.75) is 19.8 Å². The van der Waals surface area contributed by atoms with Gasteiger partial charge in [0, 0.05) is 54.7 Å². The Kier molecular flexibility index (Phi) is 4.71. The second-order valence-electron chi connectivity index (χ2n) is 7.07. The molecule has 0 aliphatic carbocycles. The van der Waals surface area contributed by atoms with E-state index < -0.39 is 0 Å². The van der Waals surface area contributed by atoms with Crippen LogP contribution in [-0.2, 0) is 11.2 Å². The summed E-state index contributed by atoms with van der Waals surface area (Å²) in [6, 6.07) is 11.7. The summed E-state index contributed by atoms with van der Waals surface area (Å²) in [5.41, 5.74) is 3.55. The topological polar surface area (TPSA) is 72.2 Å². The molecule has 0 atom stereocenters. The molecule has 3 heterocycles. The highest BCUT2D eigenvalue weighted by Crippen LogP contribution is 2.24. The molecule has 27 heavy (non-hydrogen) atoms. The number of carbonyl (C=O) groups excluding carboxylic acids is 2. The number of para-hydroxylation sites is 1. The molecule has 1 fully saturated rings. The number of nitrogens with one attached hydrogen (secondary N) is 2. The largest absolute Gasteiger partial charge is 0.365 e. The number of benzene rings is 1. The summed E-state index contributed by atoms with van der Waals surface area (Å²) in [7, 11) is 0. The number of H-pyrrole nitrogens is 2. The second kappa shape index (κ2) is 7.31. The molecular formula is C21H24N4O2. The molecule has 1 saturated heterocycles. The number of aromatic nitrogens is 2. The highest BCUT2D eigenvalue weighted by atomic mass is 16.2. The molecule has 1 aliphatic rings. The molecule has 2 aromatic heterocycles. The third-order valence-electron chi connectivity index (χ3n) is 5.25. The quantitative estimate of drug-likeness (QED) is 0.750. The first-order valence-electron chi connectivity index (χ1n) is 9.40. The fraction of sp³-hybridized carbons (Fsp3) is 0.333. The zero-order valence-electron chi connectivity index (χ0n) is 15.5. The van der Waals surface area contributed by atoms with Crippen LogP contribution in [0.3, 0.4) is 0 Å². The van der Waals surface area contributed by atoms with E-state index in [2.05, 4.69) is 9.97 Å². The number of carbonyl (C=O) groups is 2. The van der Waals surface area contributed by atoms with Crippen LogP contribution in [0.4, 0.5) is 0 Å². The number of hydrogen-bond acceptors (Lipinski definition) is 2. The average molecular weight is 364 g/mol. The Labute approximate surface area is 158 Å². The van der Waals surface area contributed by atoms with E-state index in [0.29, 0.717) is 32.6 Å². The van der Waals surface area contributed by atoms with Gasteiger partial charge < -0.3 is 19.8 Å². The highest BCUT2D eigenvalue weighted by Gasteiger charge is 2.25. The maximum Gasteiger partial charge on any atom is 0.256 e. The maximum atomic E-state index is 13.2. The Balaban J connectivity index is 1.47.